The first-order chi connectivity index (χ1) is 19.5. The van der Waals surface area contributed by atoms with Gasteiger partial charge in [0.25, 0.3) is 0 Å². The number of nitrogens with zero attached hydrogens (tertiary/aromatic N) is 2. The van der Waals surface area contributed by atoms with E-state index in [1.54, 1.807) is 13.1 Å². The fraction of sp³-hybridized carbons (Fsp3) is 0.633. The number of nitrogens with two attached hydrogens (primary N) is 2. The molecule has 41 heavy (non-hydrogen) atoms. The maximum atomic E-state index is 13.3. The van der Waals surface area contributed by atoms with Crippen LogP contribution in [0.4, 0.5) is 4.79 Å². The highest BCUT2D eigenvalue weighted by atomic mass is 16.6. The molecule has 2 fully saturated rings. The number of benzene rings is 1. The lowest BCUT2D eigenvalue weighted by Gasteiger charge is -2.64. The molecular formula is C30H44N5O6+. The lowest BCUT2D eigenvalue weighted by molar-refractivity contribution is -0.944. The van der Waals surface area contributed by atoms with Crippen LogP contribution >= 0.6 is 0 Å². The molecule has 6 N–H and O–H groups in total. The summed E-state index contributed by atoms with van der Waals surface area (Å²) in [6.07, 6.45) is 4.48. The number of Topliss-reactive ketones (excluding diaryl/α,β-unsaturated/α-hetero) is 1. The Morgan fingerprint density at radius 2 is 2.15 bits per heavy atom. The van der Waals surface area contributed by atoms with Crippen LogP contribution < -0.4 is 26.3 Å². The van der Waals surface area contributed by atoms with E-state index in [0.717, 1.165) is 37.1 Å². The van der Waals surface area contributed by atoms with E-state index in [9.17, 15) is 19.5 Å². The van der Waals surface area contributed by atoms with Crippen molar-refractivity contribution in [2.75, 3.05) is 46.8 Å². The lowest BCUT2D eigenvalue weighted by Crippen LogP contribution is -2.80. The number of ether oxygens (including phenoxy) is 2. The smallest absolute Gasteiger partial charge is 0.415 e. The van der Waals surface area contributed by atoms with Gasteiger partial charge in [-0.3, -0.25) is 9.59 Å². The average molecular weight is 571 g/mol. The molecule has 6 atom stereocenters. The van der Waals surface area contributed by atoms with Gasteiger partial charge in [-0.15, -0.1) is 0 Å². The Hall–Kier alpha value is -2.99. The van der Waals surface area contributed by atoms with Crippen LogP contribution in [0.15, 0.2) is 24.8 Å². The van der Waals surface area contributed by atoms with E-state index >= 15 is 0 Å². The van der Waals surface area contributed by atoms with E-state index < -0.39 is 29.3 Å². The molecule has 224 valence electrons. The third kappa shape index (κ3) is 4.63. The monoisotopic (exact) mass is 570 g/mol. The predicted molar refractivity (Wildman–Crippen MR) is 152 cm³/mol. The van der Waals surface area contributed by atoms with Crippen LogP contribution in [-0.2, 0) is 21.4 Å². The number of amides is 2. The Labute approximate surface area is 241 Å². The highest BCUT2D eigenvalue weighted by molar-refractivity contribution is 5.90. The number of carbonyl (C=O) groups is 3. The molecule has 2 aliphatic heterocycles. The van der Waals surface area contributed by atoms with E-state index in [1.807, 2.05) is 12.1 Å². The second kappa shape index (κ2) is 11.0. The van der Waals surface area contributed by atoms with Crippen LogP contribution in [0.1, 0.15) is 49.7 Å². The summed E-state index contributed by atoms with van der Waals surface area (Å²) in [4.78, 5) is 39.9. The number of carbonyl (C=O) groups excluding carboxylic acids is 3. The number of likely N-dealkylation sites (tertiary alicyclic amines) is 1. The van der Waals surface area contributed by atoms with E-state index in [4.69, 9.17) is 20.9 Å². The van der Waals surface area contributed by atoms with Gasteiger partial charge in [0.2, 0.25) is 5.91 Å². The van der Waals surface area contributed by atoms with Gasteiger partial charge in [0.05, 0.1) is 31.6 Å². The fourth-order valence-corrected chi connectivity index (χ4v) is 7.79. The van der Waals surface area contributed by atoms with Gasteiger partial charge in [-0.2, -0.15) is 0 Å². The molecule has 1 spiro atoms. The molecule has 2 heterocycles. The molecule has 1 saturated carbocycles. The third-order valence-corrected chi connectivity index (χ3v) is 10.00. The van der Waals surface area contributed by atoms with Gasteiger partial charge in [-0.05, 0) is 43.5 Å². The number of likely N-dealkylation sites (N-methyl/N-ethyl adjacent to an activating group) is 2. The van der Waals surface area contributed by atoms with Crippen molar-refractivity contribution in [1.82, 2.24) is 10.2 Å². The van der Waals surface area contributed by atoms with Crippen molar-refractivity contribution in [1.29, 1.82) is 0 Å². The Morgan fingerprint density at radius 1 is 1.37 bits per heavy atom. The summed E-state index contributed by atoms with van der Waals surface area (Å²) in [5, 5.41) is 15.2. The summed E-state index contributed by atoms with van der Waals surface area (Å²) in [6.45, 7) is 6.46. The van der Waals surface area contributed by atoms with E-state index in [-0.39, 0.29) is 43.0 Å². The molecule has 4 aliphatic rings. The summed E-state index contributed by atoms with van der Waals surface area (Å²) >= 11 is 0. The van der Waals surface area contributed by atoms with Gasteiger partial charge >= 0.3 is 6.09 Å². The topological polar surface area (TPSA) is 157 Å². The molecule has 1 saturated heterocycles. The summed E-state index contributed by atoms with van der Waals surface area (Å²) in [6, 6.07) is 2.94. The first kappa shape index (κ1) is 29.5. The Morgan fingerprint density at radius 3 is 2.88 bits per heavy atom. The van der Waals surface area contributed by atoms with Crippen LogP contribution in [0.5, 0.6) is 11.5 Å². The predicted octanol–water partition coefficient (Wildman–Crippen LogP) is 0.744. The van der Waals surface area contributed by atoms with Crippen LogP contribution in [0.2, 0.25) is 0 Å². The van der Waals surface area contributed by atoms with E-state index in [2.05, 4.69) is 18.9 Å². The van der Waals surface area contributed by atoms with Crippen LogP contribution in [0.3, 0.4) is 0 Å². The maximum Gasteiger partial charge on any atom is 0.415 e. The number of hydrogen-bond acceptors (Lipinski definition) is 8. The largest absolute Gasteiger partial charge is 0.477 e. The highest BCUT2D eigenvalue weighted by Crippen LogP contribution is 2.65. The number of ketones is 1. The Bertz CT molecular complexity index is 1240. The summed E-state index contributed by atoms with van der Waals surface area (Å²) in [5.74, 6) is 0.326. The molecule has 2 amide bonds. The SMILES string of the molecule is C=CC[N+]1(C)CC[C@]23c4c5ccc(OC(=O)N(C)CCNC(=O)[C@@H](N)CCCCN)c4O[C@H]2C(=O)CC[C@@]3(O)[C@@H]1C5. The molecule has 5 rings (SSSR count). The molecule has 1 unspecified atom stereocenters. The lowest BCUT2D eigenvalue weighted by atomic mass is 9.48. The zero-order valence-corrected chi connectivity index (χ0v) is 24.2. The number of unbranched alkanes of at least 4 members (excludes halogenated alkanes) is 1. The summed E-state index contributed by atoms with van der Waals surface area (Å²) in [5.41, 5.74) is 11.3. The van der Waals surface area contributed by atoms with Crippen molar-refractivity contribution in [2.24, 2.45) is 11.5 Å². The van der Waals surface area contributed by atoms with Gasteiger partial charge < -0.3 is 40.7 Å². The van der Waals surface area contributed by atoms with Crippen molar-refractivity contribution in [3.8, 4) is 11.5 Å². The second-order valence-electron chi connectivity index (χ2n) is 12.4. The second-order valence-corrected chi connectivity index (χ2v) is 12.4. The number of hydrogen-bond donors (Lipinski definition) is 4. The van der Waals surface area contributed by atoms with Crippen molar-refractivity contribution >= 4 is 17.8 Å². The molecule has 1 aromatic rings. The summed E-state index contributed by atoms with van der Waals surface area (Å²) in [7, 11) is 3.74. The molecule has 0 radical (unpaired) electrons. The average Bonchev–Trinajstić information content (AvgIpc) is 3.30. The quantitative estimate of drug-likeness (QED) is 0.172. The molecule has 2 bridgehead atoms. The number of rotatable bonds is 11. The van der Waals surface area contributed by atoms with E-state index in [0.29, 0.717) is 42.5 Å². The van der Waals surface area contributed by atoms with Gasteiger partial charge in [-0.1, -0.05) is 19.1 Å². The molecule has 11 heteroatoms. The number of aliphatic hydroxyl groups is 1. The maximum absolute atomic E-state index is 13.3. The zero-order chi connectivity index (χ0) is 29.6. The van der Waals surface area contributed by atoms with Crippen molar-refractivity contribution in [3.63, 3.8) is 0 Å². The summed E-state index contributed by atoms with van der Waals surface area (Å²) < 4.78 is 12.8. The first-order valence-corrected chi connectivity index (χ1v) is 14.7. The standard InChI is InChI=1S/C30H43N5O6/c1-4-16-35(3)17-12-29-24-19-8-9-22(25(24)41-26(29)21(36)10-11-30(29,39)23(35)18-19)40-28(38)34(2)15-14-33-27(37)20(32)7-5-6-13-31/h4,8-9,20,23,26,39H,1,5-7,10-18,31-32H2,2-3H3/p+1/t20-,23-,26-,29-,30+,35?/m0/s1. The minimum Gasteiger partial charge on any atom is -0.477 e. The van der Waals surface area contributed by atoms with Crippen LogP contribution in [0, 0.1) is 0 Å². The van der Waals surface area contributed by atoms with Gasteiger partial charge in [0.1, 0.15) is 11.6 Å². The third-order valence-electron chi connectivity index (χ3n) is 10.00. The number of quaternary nitrogens is 1. The zero-order valence-electron chi connectivity index (χ0n) is 24.2. The van der Waals surface area contributed by atoms with Crippen LogP contribution in [-0.4, -0.2) is 103 Å². The van der Waals surface area contributed by atoms with Gasteiger partial charge in [0.15, 0.2) is 23.4 Å². The molecule has 11 nitrogen and oxygen atoms in total. The normalized spacial score (nSPS) is 31.5. The van der Waals surface area contributed by atoms with Gasteiger partial charge in [-0.25, -0.2) is 4.79 Å². The Balaban J connectivity index is 1.33. The van der Waals surface area contributed by atoms with Gasteiger partial charge in [0, 0.05) is 45.0 Å². The van der Waals surface area contributed by atoms with Crippen molar-refractivity contribution in [2.45, 2.75) is 74.1 Å². The highest BCUT2D eigenvalue weighted by Gasteiger charge is 2.76. The Kier molecular flexibility index (Phi) is 7.92. The minimum atomic E-state index is -1.12. The number of nitrogens with one attached hydrogen (secondary N) is 1. The molecule has 1 aromatic carbocycles. The number of piperidine rings is 1. The van der Waals surface area contributed by atoms with Crippen molar-refractivity contribution in [3.05, 3.63) is 35.9 Å². The first-order valence-electron chi connectivity index (χ1n) is 14.7. The van der Waals surface area contributed by atoms with Crippen molar-refractivity contribution < 1.29 is 33.4 Å². The minimum absolute atomic E-state index is 0.0244. The fourth-order valence-electron chi connectivity index (χ4n) is 7.79. The van der Waals surface area contributed by atoms with Crippen LogP contribution in [0.25, 0.3) is 0 Å². The molecule has 2 aliphatic carbocycles. The molecular weight excluding hydrogens is 526 g/mol. The molecule has 0 aromatic heterocycles. The van der Waals surface area contributed by atoms with E-state index in [1.165, 1.54) is 4.90 Å².